The highest BCUT2D eigenvalue weighted by atomic mass is 79.9. The van der Waals surface area contributed by atoms with Gasteiger partial charge >= 0.3 is 0 Å². The second-order valence-electron chi connectivity index (χ2n) is 6.45. The van der Waals surface area contributed by atoms with Gasteiger partial charge in [0.05, 0.1) is 16.8 Å². The van der Waals surface area contributed by atoms with E-state index in [2.05, 4.69) is 20.9 Å². The Hall–Kier alpha value is -2.47. The zero-order valence-electron chi connectivity index (χ0n) is 14.6. The fourth-order valence-electron chi connectivity index (χ4n) is 3.64. The second kappa shape index (κ2) is 6.36. The van der Waals surface area contributed by atoms with Crippen LogP contribution < -0.4 is 10.5 Å². The first-order chi connectivity index (χ1) is 12.5. The van der Waals surface area contributed by atoms with Gasteiger partial charge < -0.3 is 4.90 Å². The fourth-order valence-corrected chi connectivity index (χ4v) is 4.02. The maximum absolute atomic E-state index is 13.0. The Balaban J connectivity index is 1.82. The number of halogens is 1. The van der Waals surface area contributed by atoms with E-state index >= 15 is 0 Å². The summed E-state index contributed by atoms with van der Waals surface area (Å²) in [4.78, 5) is 32.1. The van der Waals surface area contributed by atoms with Gasteiger partial charge in [-0.3, -0.25) is 14.2 Å². The minimum Gasteiger partial charge on any atom is -0.312 e. The smallest absolute Gasteiger partial charge is 0.261 e. The van der Waals surface area contributed by atoms with Crippen molar-refractivity contribution in [2.24, 2.45) is 7.05 Å². The van der Waals surface area contributed by atoms with Gasteiger partial charge in [-0.25, -0.2) is 4.98 Å². The summed E-state index contributed by atoms with van der Waals surface area (Å²) in [5.74, 6) is 0.348. The molecule has 26 heavy (non-hydrogen) atoms. The topological polar surface area (TPSA) is 55.2 Å². The van der Waals surface area contributed by atoms with Crippen molar-refractivity contribution >= 4 is 38.4 Å². The number of fused-ring (bicyclic) bond motifs is 2. The van der Waals surface area contributed by atoms with Crippen molar-refractivity contribution < 1.29 is 4.79 Å². The molecule has 0 unspecified atom stereocenters. The van der Waals surface area contributed by atoms with Crippen LogP contribution in [-0.4, -0.2) is 22.0 Å². The maximum Gasteiger partial charge on any atom is 0.261 e. The number of carbonyl (C=O) groups is 1. The zero-order valence-corrected chi connectivity index (χ0v) is 16.2. The molecule has 1 aromatic heterocycles. The molecule has 6 heteroatoms. The highest BCUT2D eigenvalue weighted by Gasteiger charge is 2.37. The molecule has 1 aliphatic rings. The molecule has 0 saturated carbocycles. The van der Waals surface area contributed by atoms with Crippen molar-refractivity contribution in [2.75, 3.05) is 11.4 Å². The molecule has 1 aliphatic heterocycles. The lowest BCUT2D eigenvalue weighted by Crippen LogP contribution is -2.30. The van der Waals surface area contributed by atoms with Crippen molar-refractivity contribution in [1.29, 1.82) is 0 Å². The molecule has 1 atom stereocenters. The van der Waals surface area contributed by atoms with Crippen molar-refractivity contribution in [2.45, 2.75) is 19.3 Å². The van der Waals surface area contributed by atoms with Gasteiger partial charge in [-0.1, -0.05) is 28.1 Å². The van der Waals surface area contributed by atoms with Crippen LogP contribution in [0.4, 0.5) is 5.69 Å². The molecule has 0 spiro atoms. The molecule has 0 saturated heterocycles. The van der Waals surface area contributed by atoms with Gasteiger partial charge in [-0.05, 0) is 42.8 Å². The number of nitrogens with zero attached hydrogens (tertiary/aromatic N) is 3. The van der Waals surface area contributed by atoms with Crippen LogP contribution in [0.2, 0.25) is 0 Å². The van der Waals surface area contributed by atoms with E-state index in [9.17, 15) is 9.59 Å². The molecule has 0 aliphatic carbocycles. The summed E-state index contributed by atoms with van der Waals surface area (Å²) >= 11 is 3.50. The first-order valence-electron chi connectivity index (χ1n) is 8.56. The van der Waals surface area contributed by atoms with Crippen LogP contribution in [0.25, 0.3) is 10.9 Å². The molecule has 2 heterocycles. The number of rotatable bonds is 3. The minimum absolute atomic E-state index is 0.0583. The van der Waals surface area contributed by atoms with Crippen LogP contribution in [0, 0.1) is 0 Å². The summed E-state index contributed by atoms with van der Waals surface area (Å²) in [6.07, 6.45) is 0.398. The Morgan fingerprint density at radius 1 is 1.15 bits per heavy atom. The monoisotopic (exact) mass is 411 g/mol. The average Bonchev–Trinajstić information content (AvgIpc) is 2.90. The van der Waals surface area contributed by atoms with Crippen LogP contribution in [0.15, 0.2) is 51.7 Å². The lowest BCUT2D eigenvalue weighted by Gasteiger charge is -2.16. The number of benzene rings is 2. The van der Waals surface area contributed by atoms with E-state index in [1.165, 1.54) is 0 Å². The van der Waals surface area contributed by atoms with Gasteiger partial charge in [0.2, 0.25) is 5.91 Å². The third kappa shape index (κ3) is 2.56. The number of anilines is 1. The first kappa shape index (κ1) is 17.0. The third-order valence-corrected chi connectivity index (χ3v) is 5.49. The van der Waals surface area contributed by atoms with Gasteiger partial charge in [0.25, 0.3) is 5.56 Å². The number of amides is 1. The normalized spacial score (nSPS) is 16.3. The predicted molar refractivity (Wildman–Crippen MR) is 106 cm³/mol. The molecule has 0 fully saturated rings. The van der Waals surface area contributed by atoms with E-state index in [1.807, 2.05) is 43.3 Å². The summed E-state index contributed by atoms with van der Waals surface area (Å²) in [6, 6.07) is 13.2. The number of hydrogen-bond donors (Lipinski definition) is 0. The summed E-state index contributed by atoms with van der Waals surface area (Å²) < 4.78 is 2.49. The molecule has 5 nitrogen and oxygen atoms in total. The van der Waals surface area contributed by atoms with Crippen LogP contribution in [0.5, 0.6) is 0 Å². The molecular formula is C20H18BrN3O2. The number of para-hydroxylation sites is 1. The molecule has 2 aromatic carbocycles. The van der Waals surface area contributed by atoms with Crippen LogP contribution in [0.1, 0.15) is 24.2 Å². The molecule has 1 amide bonds. The number of hydrogen-bond acceptors (Lipinski definition) is 3. The first-order valence-corrected chi connectivity index (χ1v) is 9.36. The maximum atomic E-state index is 13.0. The minimum atomic E-state index is -0.332. The largest absolute Gasteiger partial charge is 0.312 e. The Morgan fingerprint density at radius 2 is 1.92 bits per heavy atom. The second-order valence-corrected chi connectivity index (χ2v) is 7.37. The summed E-state index contributed by atoms with van der Waals surface area (Å²) in [5, 5.41) is 0.592. The molecule has 4 rings (SSSR count). The predicted octanol–water partition coefficient (Wildman–Crippen LogP) is 3.39. The third-order valence-electron chi connectivity index (χ3n) is 5.00. The van der Waals surface area contributed by atoms with E-state index in [0.717, 1.165) is 15.7 Å². The van der Waals surface area contributed by atoms with Crippen LogP contribution >= 0.6 is 15.9 Å². The molecule has 0 bridgehead atoms. The lowest BCUT2D eigenvalue weighted by atomic mass is 9.96. The van der Waals surface area contributed by atoms with Gasteiger partial charge in [-0.15, -0.1) is 0 Å². The average molecular weight is 412 g/mol. The van der Waals surface area contributed by atoms with Gasteiger partial charge in [0, 0.05) is 30.2 Å². The van der Waals surface area contributed by atoms with E-state index < -0.39 is 0 Å². The van der Waals surface area contributed by atoms with Crippen molar-refractivity contribution in [3.63, 3.8) is 0 Å². The molecule has 3 aromatic rings. The van der Waals surface area contributed by atoms with E-state index in [1.54, 1.807) is 22.6 Å². The number of aromatic nitrogens is 2. The highest BCUT2D eigenvalue weighted by Crippen LogP contribution is 2.40. The fraction of sp³-hybridized carbons (Fsp3) is 0.250. The molecular weight excluding hydrogens is 394 g/mol. The van der Waals surface area contributed by atoms with Gasteiger partial charge in [-0.2, -0.15) is 0 Å². The van der Waals surface area contributed by atoms with Crippen molar-refractivity contribution in [3.8, 4) is 0 Å². The SMILES string of the molecule is CCN1C(=O)[C@@H](Cc2nc3ccccc3c(=O)n2C)c2cc(Br)ccc21. The summed E-state index contributed by atoms with van der Waals surface area (Å²) in [5.41, 5.74) is 2.50. The number of likely N-dealkylation sites (N-methyl/N-ethyl adjacent to an activating group) is 1. The molecule has 0 radical (unpaired) electrons. The summed E-state index contributed by atoms with van der Waals surface area (Å²) in [7, 11) is 1.72. The van der Waals surface area contributed by atoms with E-state index in [0.29, 0.717) is 29.7 Å². The Morgan fingerprint density at radius 3 is 2.69 bits per heavy atom. The summed E-state index contributed by atoms with van der Waals surface area (Å²) in [6.45, 7) is 2.59. The van der Waals surface area contributed by atoms with Crippen LogP contribution in [-0.2, 0) is 18.3 Å². The van der Waals surface area contributed by atoms with Crippen molar-refractivity contribution in [3.05, 3.63) is 68.7 Å². The molecule has 0 N–H and O–H groups in total. The zero-order chi connectivity index (χ0) is 18.4. The van der Waals surface area contributed by atoms with E-state index in [-0.39, 0.29) is 17.4 Å². The van der Waals surface area contributed by atoms with Crippen molar-refractivity contribution in [1.82, 2.24) is 9.55 Å². The highest BCUT2D eigenvalue weighted by molar-refractivity contribution is 9.10. The Labute approximate surface area is 159 Å². The Kier molecular flexibility index (Phi) is 4.15. The lowest BCUT2D eigenvalue weighted by molar-refractivity contribution is -0.119. The van der Waals surface area contributed by atoms with Gasteiger partial charge in [0.15, 0.2) is 0 Å². The van der Waals surface area contributed by atoms with E-state index in [4.69, 9.17) is 0 Å². The standard InChI is InChI=1S/C20H18BrN3O2/c1-3-24-17-9-8-12(21)10-14(17)15(20(24)26)11-18-22-16-7-5-4-6-13(16)19(25)23(18)2/h4-10,15H,3,11H2,1-2H3/t15-/m0/s1. The van der Waals surface area contributed by atoms with Gasteiger partial charge in [0.1, 0.15) is 5.82 Å². The Bertz CT molecular complexity index is 1090. The quantitative estimate of drug-likeness (QED) is 0.663. The molecule has 132 valence electrons. The van der Waals surface area contributed by atoms with Crippen LogP contribution in [0.3, 0.4) is 0 Å². The number of carbonyl (C=O) groups excluding carboxylic acids is 1.